The Bertz CT molecular complexity index is 318. The SMILES string of the molecule is N#CI1OCc2ccccc21. The molecule has 0 fully saturated rings. The number of hydrogen-bond donors (Lipinski definition) is 0. The van der Waals surface area contributed by atoms with Gasteiger partial charge in [-0.1, -0.05) is 0 Å². The normalized spacial score (nSPS) is 17.5. The van der Waals surface area contributed by atoms with Crippen LogP contribution in [-0.2, 0) is 9.67 Å². The van der Waals surface area contributed by atoms with Gasteiger partial charge in [0.1, 0.15) is 0 Å². The average Bonchev–Trinajstić information content (AvgIpc) is 2.47. The average molecular weight is 259 g/mol. The first-order chi connectivity index (χ1) is 5.42. The molecule has 0 spiro atoms. The predicted octanol–water partition coefficient (Wildman–Crippen LogP) is 2.29. The molecule has 0 radical (unpaired) electrons. The van der Waals surface area contributed by atoms with Crippen LogP contribution < -0.4 is 0 Å². The van der Waals surface area contributed by atoms with Crippen LogP contribution in [0.5, 0.6) is 0 Å². The van der Waals surface area contributed by atoms with Crippen LogP contribution in [0.1, 0.15) is 5.56 Å². The van der Waals surface area contributed by atoms with Crippen molar-refractivity contribution in [3.8, 4) is 4.08 Å². The van der Waals surface area contributed by atoms with Gasteiger partial charge in [-0.05, 0) is 0 Å². The molecule has 0 atom stereocenters. The predicted molar refractivity (Wildman–Crippen MR) is 49.6 cm³/mol. The summed E-state index contributed by atoms with van der Waals surface area (Å²) in [6.07, 6.45) is 0. The number of fused-ring (bicyclic) bond motifs is 1. The molecule has 3 heteroatoms. The molecule has 2 rings (SSSR count). The van der Waals surface area contributed by atoms with E-state index in [-0.39, 0.29) is 0 Å². The van der Waals surface area contributed by atoms with E-state index in [1.165, 1.54) is 9.13 Å². The molecule has 0 saturated carbocycles. The van der Waals surface area contributed by atoms with Gasteiger partial charge in [0.2, 0.25) is 0 Å². The van der Waals surface area contributed by atoms with Gasteiger partial charge in [-0.3, -0.25) is 0 Å². The van der Waals surface area contributed by atoms with Crippen LogP contribution in [0.15, 0.2) is 24.3 Å². The van der Waals surface area contributed by atoms with Crippen molar-refractivity contribution in [2.24, 2.45) is 0 Å². The van der Waals surface area contributed by atoms with Crippen molar-refractivity contribution < 1.29 is 3.07 Å². The van der Waals surface area contributed by atoms with Gasteiger partial charge in [-0.2, -0.15) is 0 Å². The molecule has 0 N–H and O–H groups in total. The summed E-state index contributed by atoms with van der Waals surface area (Å²) in [6, 6.07) is 8.00. The molecule has 0 bridgehead atoms. The molecule has 0 amide bonds. The molecule has 1 heterocycles. The van der Waals surface area contributed by atoms with Crippen molar-refractivity contribution in [3.05, 3.63) is 33.4 Å². The summed E-state index contributed by atoms with van der Waals surface area (Å²) < 4.78 is 8.80. The van der Waals surface area contributed by atoms with E-state index >= 15 is 0 Å². The molecule has 2 nitrogen and oxygen atoms in total. The fourth-order valence-corrected chi connectivity index (χ4v) is 3.91. The molecule has 1 aromatic rings. The van der Waals surface area contributed by atoms with Crippen molar-refractivity contribution in [2.75, 3.05) is 0 Å². The Kier molecular flexibility index (Phi) is 1.80. The monoisotopic (exact) mass is 259 g/mol. The Morgan fingerprint density at radius 2 is 2.27 bits per heavy atom. The Hall–Kier alpha value is -0.600. The summed E-state index contributed by atoms with van der Waals surface area (Å²) in [4.78, 5) is 0. The molecule has 0 aromatic heterocycles. The van der Waals surface area contributed by atoms with E-state index in [1.54, 1.807) is 0 Å². The molecule has 1 aromatic carbocycles. The molecule has 0 unspecified atom stereocenters. The molecular weight excluding hydrogens is 253 g/mol. The molecule has 0 aliphatic carbocycles. The number of benzene rings is 1. The summed E-state index contributed by atoms with van der Waals surface area (Å²) in [5.74, 6) is 0. The maximum atomic E-state index is 8.71. The fourth-order valence-electron chi connectivity index (χ4n) is 1.02. The van der Waals surface area contributed by atoms with E-state index < -0.39 is 20.2 Å². The van der Waals surface area contributed by atoms with E-state index in [2.05, 4.69) is 4.08 Å². The first-order valence-corrected chi connectivity index (χ1v) is 6.26. The Balaban J connectivity index is 2.49. The van der Waals surface area contributed by atoms with Crippen LogP contribution in [0.3, 0.4) is 0 Å². The van der Waals surface area contributed by atoms with Crippen molar-refractivity contribution in [3.63, 3.8) is 0 Å². The zero-order valence-corrected chi connectivity index (χ0v) is 7.91. The van der Waals surface area contributed by atoms with Gasteiger partial charge in [0.05, 0.1) is 0 Å². The third-order valence-electron chi connectivity index (χ3n) is 1.54. The molecule has 1 aliphatic heterocycles. The van der Waals surface area contributed by atoms with Crippen LogP contribution in [0, 0.1) is 12.9 Å². The Morgan fingerprint density at radius 1 is 1.45 bits per heavy atom. The standard InChI is InChI=1S/C8H6INO/c10-6-9-8-4-2-1-3-7(8)5-11-9/h1-4H,5H2. The van der Waals surface area contributed by atoms with Gasteiger partial charge in [0, 0.05) is 0 Å². The second-order valence-corrected chi connectivity index (χ2v) is 5.87. The quantitative estimate of drug-likeness (QED) is 0.669. The van der Waals surface area contributed by atoms with Gasteiger partial charge in [-0.15, -0.1) is 0 Å². The van der Waals surface area contributed by atoms with Gasteiger partial charge < -0.3 is 0 Å². The summed E-state index contributed by atoms with van der Waals surface area (Å²) >= 11 is -1.82. The number of nitriles is 1. The number of halogens is 1. The summed E-state index contributed by atoms with van der Waals surface area (Å²) in [5.41, 5.74) is 1.21. The first-order valence-electron chi connectivity index (χ1n) is 3.23. The van der Waals surface area contributed by atoms with Crippen LogP contribution in [0.4, 0.5) is 0 Å². The maximum absolute atomic E-state index is 8.71. The van der Waals surface area contributed by atoms with E-state index in [9.17, 15) is 0 Å². The summed E-state index contributed by atoms with van der Waals surface area (Å²) in [5, 5.41) is 8.71. The third kappa shape index (κ3) is 1.12. The summed E-state index contributed by atoms with van der Waals surface area (Å²) in [6.45, 7) is 0.647. The minimum absolute atomic E-state index is 0.647. The Morgan fingerprint density at radius 3 is 3.09 bits per heavy atom. The van der Waals surface area contributed by atoms with Gasteiger partial charge in [-0.25, -0.2) is 0 Å². The molecule has 11 heavy (non-hydrogen) atoms. The van der Waals surface area contributed by atoms with E-state index in [1.807, 2.05) is 24.3 Å². The zero-order chi connectivity index (χ0) is 7.68. The zero-order valence-electron chi connectivity index (χ0n) is 5.75. The number of rotatable bonds is 0. The van der Waals surface area contributed by atoms with Crippen LogP contribution in [0.2, 0.25) is 0 Å². The number of nitrogens with zero attached hydrogens (tertiary/aromatic N) is 1. The van der Waals surface area contributed by atoms with Crippen LogP contribution in [0.25, 0.3) is 0 Å². The number of hydrogen-bond acceptors (Lipinski definition) is 2. The molecule has 0 saturated heterocycles. The van der Waals surface area contributed by atoms with Crippen molar-refractivity contribution in [1.82, 2.24) is 0 Å². The molecule has 1 aliphatic rings. The second-order valence-electron chi connectivity index (χ2n) is 2.18. The van der Waals surface area contributed by atoms with Crippen molar-refractivity contribution in [2.45, 2.75) is 6.61 Å². The molecule has 56 valence electrons. The fraction of sp³-hybridized carbons (Fsp3) is 0.125. The minimum atomic E-state index is -1.82. The van der Waals surface area contributed by atoms with E-state index in [0.717, 1.165) is 0 Å². The van der Waals surface area contributed by atoms with E-state index in [4.69, 9.17) is 8.33 Å². The van der Waals surface area contributed by atoms with Crippen molar-refractivity contribution >= 4 is 20.2 Å². The first kappa shape index (κ1) is 7.07. The second kappa shape index (κ2) is 2.80. The third-order valence-corrected chi connectivity index (χ3v) is 5.02. The van der Waals surface area contributed by atoms with E-state index in [0.29, 0.717) is 6.61 Å². The van der Waals surface area contributed by atoms with Gasteiger partial charge in [0.25, 0.3) is 0 Å². The van der Waals surface area contributed by atoms with Gasteiger partial charge in [0.15, 0.2) is 0 Å². The van der Waals surface area contributed by atoms with Crippen LogP contribution in [-0.4, -0.2) is 0 Å². The topological polar surface area (TPSA) is 33.0 Å². The van der Waals surface area contributed by atoms with Gasteiger partial charge >= 0.3 is 72.6 Å². The molecular formula is C8H6INO. The van der Waals surface area contributed by atoms with Crippen LogP contribution >= 0.6 is 20.2 Å². The summed E-state index contributed by atoms with van der Waals surface area (Å²) in [7, 11) is 0. The Labute approximate surface area is 72.7 Å². The van der Waals surface area contributed by atoms with Crippen molar-refractivity contribution in [1.29, 1.82) is 5.26 Å².